The van der Waals surface area contributed by atoms with Gasteiger partial charge in [0.15, 0.2) is 0 Å². The maximum Gasteiger partial charge on any atom is 0.0253 e. The highest BCUT2D eigenvalue weighted by molar-refractivity contribution is 5.86. The first-order valence-corrected chi connectivity index (χ1v) is 6.81. The maximum atomic E-state index is 7.60. The molecule has 2 aliphatic carbocycles. The molecular weight excluding hydrogens is 206 g/mol. The Morgan fingerprint density at radius 1 is 1.35 bits per heavy atom. The Morgan fingerprint density at radius 3 is 2.53 bits per heavy atom. The highest BCUT2D eigenvalue weighted by atomic mass is 14.4. The first-order chi connectivity index (χ1) is 8.20. The molecule has 0 aliphatic heterocycles. The van der Waals surface area contributed by atoms with Crippen LogP contribution in [-0.2, 0) is 0 Å². The first-order valence-electron chi connectivity index (χ1n) is 6.81. The van der Waals surface area contributed by atoms with Crippen LogP contribution in [0.1, 0.15) is 46.0 Å². The number of nitrogens with one attached hydrogen (secondary N) is 1. The number of hydrogen-bond donors (Lipinski definition) is 1. The van der Waals surface area contributed by atoms with E-state index in [9.17, 15) is 0 Å². The minimum atomic E-state index is 0.666. The molecule has 0 aromatic rings. The lowest BCUT2D eigenvalue weighted by Crippen LogP contribution is -2.16. The highest BCUT2D eigenvalue weighted by Crippen LogP contribution is 2.49. The van der Waals surface area contributed by atoms with Crippen molar-refractivity contribution < 1.29 is 0 Å². The van der Waals surface area contributed by atoms with Gasteiger partial charge in [0.25, 0.3) is 0 Å². The molecule has 1 N–H and O–H groups in total. The standard InChI is InChI=1S/C16H23N/c1-4-7-13(10-17)16-11(2)14-8-5-6-9-15(14)12(16)3/h7,10,14-15,17H,2,4-6,8-9H2,1,3H3/b13-7-,17-10?. The van der Waals surface area contributed by atoms with Crippen LogP contribution in [0.25, 0.3) is 0 Å². The van der Waals surface area contributed by atoms with Crippen LogP contribution in [0, 0.1) is 17.2 Å². The van der Waals surface area contributed by atoms with Crippen molar-refractivity contribution in [1.82, 2.24) is 0 Å². The molecule has 17 heavy (non-hydrogen) atoms. The molecule has 1 nitrogen and oxygen atoms in total. The van der Waals surface area contributed by atoms with Gasteiger partial charge in [0.2, 0.25) is 0 Å². The van der Waals surface area contributed by atoms with Gasteiger partial charge < -0.3 is 5.41 Å². The second-order valence-electron chi connectivity index (χ2n) is 5.29. The molecule has 0 heterocycles. The molecule has 2 atom stereocenters. The van der Waals surface area contributed by atoms with E-state index in [4.69, 9.17) is 5.41 Å². The Hall–Kier alpha value is -1.11. The van der Waals surface area contributed by atoms with Crippen molar-refractivity contribution in [1.29, 1.82) is 5.41 Å². The van der Waals surface area contributed by atoms with Crippen LogP contribution in [0.15, 0.2) is 34.9 Å². The molecule has 0 aromatic carbocycles. The van der Waals surface area contributed by atoms with E-state index in [0.29, 0.717) is 11.8 Å². The summed E-state index contributed by atoms with van der Waals surface area (Å²) in [6.45, 7) is 8.70. The van der Waals surface area contributed by atoms with Crippen molar-refractivity contribution in [2.75, 3.05) is 0 Å². The van der Waals surface area contributed by atoms with Crippen molar-refractivity contribution in [3.63, 3.8) is 0 Å². The quantitative estimate of drug-likeness (QED) is 0.680. The van der Waals surface area contributed by atoms with E-state index in [1.54, 1.807) is 0 Å². The predicted octanol–water partition coefficient (Wildman–Crippen LogP) is 4.67. The molecule has 1 fully saturated rings. The van der Waals surface area contributed by atoms with Crippen LogP contribution >= 0.6 is 0 Å². The van der Waals surface area contributed by atoms with Gasteiger partial charge in [0, 0.05) is 6.21 Å². The van der Waals surface area contributed by atoms with E-state index in [-0.39, 0.29) is 0 Å². The van der Waals surface area contributed by atoms with Crippen LogP contribution in [0.4, 0.5) is 0 Å². The molecule has 2 unspecified atom stereocenters. The van der Waals surface area contributed by atoms with Gasteiger partial charge in [0.1, 0.15) is 0 Å². The summed E-state index contributed by atoms with van der Waals surface area (Å²) in [6.07, 6.45) is 9.97. The van der Waals surface area contributed by atoms with E-state index >= 15 is 0 Å². The van der Waals surface area contributed by atoms with Crippen LogP contribution < -0.4 is 0 Å². The molecule has 92 valence electrons. The van der Waals surface area contributed by atoms with Gasteiger partial charge in [-0.3, -0.25) is 0 Å². The van der Waals surface area contributed by atoms with Crippen LogP contribution in [-0.4, -0.2) is 6.21 Å². The van der Waals surface area contributed by atoms with E-state index in [1.807, 2.05) is 0 Å². The lowest BCUT2D eigenvalue weighted by Gasteiger charge is -2.27. The topological polar surface area (TPSA) is 23.9 Å². The number of allylic oxidation sites excluding steroid dienone is 5. The van der Waals surface area contributed by atoms with Crippen molar-refractivity contribution in [2.24, 2.45) is 11.8 Å². The number of fused-ring (bicyclic) bond motifs is 1. The predicted molar refractivity (Wildman–Crippen MR) is 74.4 cm³/mol. The zero-order valence-corrected chi connectivity index (χ0v) is 11.1. The van der Waals surface area contributed by atoms with Crippen molar-refractivity contribution in [3.8, 4) is 0 Å². The summed E-state index contributed by atoms with van der Waals surface area (Å²) in [6, 6.07) is 0. The number of rotatable bonds is 3. The Bertz CT molecular complexity index is 398. The smallest absolute Gasteiger partial charge is 0.0253 e. The molecule has 1 saturated carbocycles. The summed E-state index contributed by atoms with van der Waals surface area (Å²) in [4.78, 5) is 0. The van der Waals surface area contributed by atoms with Crippen molar-refractivity contribution in [2.45, 2.75) is 46.0 Å². The Kier molecular flexibility index (Phi) is 3.66. The average Bonchev–Trinajstić information content (AvgIpc) is 2.61. The third kappa shape index (κ3) is 2.03. The van der Waals surface area contributed by atoms with Gasteiger partial charge >= 0.3 is 0 Å². The average molecular weight is 229 g/mol. The van der Waals surface area contributed by atoms with Gasteiger partial charge in [-0.1, -0.05) is 38.0 Å². The zero-order chi connectivity index (χ0) is 12.4. The molecule has 0 saturated heterocycles. The summed E-state index contributed by atoms with van der Waals surface area (Å²) >= 11 is 0. The Balaban J connectivity index is 2.38. The zero-order valence-electron chi connectivity index (χ0n) is 11.1. The normalized spacial score (nSPS) is 29.5. The molecule has 2 rings (SSSR count). The lowest BCUT2D eigenvalue weighted by atomic mass is 9.78. The second-order valence-corrected chi connectivity index (χ2v) is 5.29. The molecule has 0 radical (unpaired) electrons. The van der Waals surface area contributed by atoms with Gasteiger partial charge in [-0.2, -0.15) is 0 Å². The Morgan fingerprint density at radius 2 is 2.00 bits per heavy atom. The van der Waals surface area contributed by atoms with Gasteiger partial charge in [-0.25, -0.2) is 0 Å². The van der Waals surface area contributed by atoms with E-state index in [1.165, 1.54) is 48.6 Å². The Labute approximate surface area is 105 Å². The monoisotopic (exact) mass is 229 g/mol. The highest BCUT2D eigenvalue weighted by Gasteiger charge is 2.37. The van der Waals surface area contributed by atoms with E-state index < -0.39 is 0 Å². The third-order valence-electron chi connectivity index (χ3n) is 4.35. The van der Waals surface area contributed by atoms with Crippen LogP contribution in [0.3, 0.4) is 0 Å². The fourth-order valence-corrected chi connectivity index (χ4v) is 3.56. The molecule has 0 amide bonds. The molecular formula is C16H23N. The van der Waals surface area contributed by atoms with Crippen LogP contribution in [0.5, 0.6) is 0 Å². The minimum absolute atomic E-state index is 0.666. The first kappa shape index (κ1) is 12.3. The summed E-state index contributed by atoms with van der Waals surface area (Å²) in [5.74, 6) is 1.38. The second kappa shape index (κ2) is 5.03. The molecule has 1 heteroatoms. The third-order valence-corrected chi connectivity index (χ3v) is 4.35. The molecule has 0 aromatic heterocycles. The summed E-state index contributed by atoms with van der Waals surface area (Å²) in [5, 5.41) is 7.60. The summed E-state index contributed by atoms with van der Waals surface area (Å²) in [5.41, 5.74) is 5.18. The molecule has 2 aliphatic rings. The molecule has 0 spiro atoms. The summed E-state index contributed by atoms with van der Waals surface area (Å²) in [7, 11) is 0. The van der Waals surface area contributed by atoms with Gasteiger partial charge in [-0.05, 0) is 54.7 Å². The minimum Gasteiger partial charge on any atom is -0.308 e. The number of hydrogen-bond acceptors (Lipinski definition) is 1. The van der Waals surface area contributed by atoms with Crippen molar-refractivity contribution in [3.05, 3.63) is 34.9 Å². The molecule has 0 bridgehead atoms. The van der Waals surface area contributed by atoms with E-state index in [0.717, 1.165) is 12.0 Å². The maximum absolute atomic E-state index is 7.60. The fraction of sp³-hybridized carbons (Fsp3) is 0.562. The SMILES string of the molecule is C=C1C(/C(C=N)=C\CC)=C(C)C2CCCCC12. The van der Waals surface area contributed by atoms with E-state index in [2.05, 4.69) is 26.5 Å². The largest absolute Gasteiger partial charge is 0.308 e. The van der Waals surface area contributed by atoms with Gasteiger partial charge in [0.05, 0.1) is 0 Å². The van der Waals surface area contributed by atoms with Gasteiger partial charge in [-0.15, -0.1) is 0 Å². The fourth-order valence-electron chi connectivity index (χ4n) is 3.56. The summed E-state index contributed by atoms with van der Waals surface area (Å²) < 4.78 is 0. The van der Waals surface area contributed by atoms with Crippen molar-refractivity contribution >= 4 is 6.21 Å². The lowest BCUT2D eigenvalue weighted by molar-refractivity contribution is 0.329. The van der Waals surface area contributed by atoms with Crippen LogP contribution in [0.2, 0.25) is 0 Å².